The average Bonchev–Trinajstić information content (AvgIpc) is 2.63. The lowest BCUT2D eigenvalue weighted by Gasteiger charge is -2.24. The molecule has 0 bridgehead atoms. The fourth-order valence-electron chi connectivity index (χ4n) is 3.03. The number of pyridine rings is 1. The summed E-state index contributed by atoms with van der Waals surface area (Å²) >= 11 is 3.58. The van der Waals surface area contributed by atoms with E-state index in [1.54, 1.807) is 18.3 Å². The number of anilines is 1. The highest BCUT2D eigenvalue weighted by molar-refractivity contribution is 9.10. The van der Waals surface area contributed by atoms with Crippen LogP contribution in [0.2, 0.25) is 0 Å². The number of benzene rings is 1. The molecule has 2 rings (SSSR count). The molecule has 1 aromatic heterocycles. The molecular weight excluding hydrogens is 436 g/mol. The van der Waals surface area contributed by atoms with Crippen LogP contribution in [0.25, 0.3) is 0 Å². The maximum Gasteiger partial charge on any atom is 0.313 e. The van der Waals surface area contributed by atoms with Crippen molar-refractivity contribution >= 4 is 27.7 Å². The Labute approximate surface area is 180 Å². The average molecular weight is 466 g/mol. The summed E-state index contributed by atoms with van der Waals surface area (Å²) in [7, 11) is 0. The van der Waals surface area contributed by atoms with Gasteiger partial charge in [-0.25, -0.2) is 0 Å². The number of hydrogen-bond donors (Lipinski definition) is 2. The lowest BCUT2D eigenvalue weighted by Crippen LogP contribution is -2.33. The normalized spacial score (nSPS) is 11.2. The van der Waals surface area contributed by atoms with Gasteiger partial charge >= 0.3 is 11.8 Å². The topological polar surface area (TPSA) is 71.7 Å². The van der Waals surface area contributed by atoms with Crippen LogP contribution in [0.3, 0.4) is 0 Å². The standard InChI is InChI=1S/C22H29BrN2O4/c1-4-28-21(26)16-22(2,3)15-17-9-10-19(18(23)14-17)29-13-7-11-24-20-8-5-6-12-25(20)27/h5-6,8-10,12,14,27H,4,7,11,13,15-16H2,1-3H3/p+1. The molecular formula is C22H30BrN2O4+. The highest BCUT2D eigenvalue weighted by Gasteiger charge is 2.23. The molecule has 0 aliphatic carbocycles. The van der Waals surface area contributed by atoms with Crippen LogP contribution in [0.1, 0.15) is 39.2 Å². The first-order valence-electron chi connectivity index (χ1n) is 9.81. The van der Waals surface area contributed by atoms with Crippen molar-refractivity contribution < 1.29 is 24.2 Å². The van der Waals surface area contributed by atoms with E-state index in [1.807, 2.05) is 31.2 Å². The Kier molecular flexibility index (Phi) is 8.76. The summed E-state index contributed by atoms with van der Waals surface area (Å²) in [6, 6.07) is 11.4. The molecule has 0 fully saturated rings. The third-order valence-electron chi connectivity index (χ3n) is 4.33. The lowest BCUT2D eigenvalue weighted by molar-refractivity contribution is -0.893. The summed E-state index contributed by atoms with van der Waals surface area (Å²) in [4.78, 5) is 11.8. The van der Waals surface area contributed by atoms with Crippen LogP contribution < -0.4 is 14.8 Å². The molecule has 0 saturated carbocycles. The molecule has 158 valence electrons. The Hall–Kier alpha value is -2.28. The van der Waals surface area contributed by atoms with Gasteiger partial charge in [-0.05, 0) is 58.5 Å². The predicted molar refractivity (Wildman–Crippen MR) is 115 cm³/mol. The van der Waals surface area contributed by atoms with Crippen LogP contribution in [0, 0.1) is 5.41 Å². The minimum Gasteiger partial charge on any atom is -0.492 e. The summed E-state index contributed by atoms with van der Waals surface area (Å²) in [5.74, 6) is 1.27. The number of carbonyl (C=O) groups is 1. The SMILES string of the molecule is CCOC(=O)CC(C)(C)Cc1ccc(OCCCNc2cccc[n+]2O)c(Br)c1. The van der Waals surface area contributed by atoms with Crippen molar-refractivity contribution in [2.75, 3.05) is 25.1 Å². The van der Waals surface area contributed by atoms with E-state index in [0.29, 0.717) is 32.0 Å². The molecule has 1 heterocycles. The molecule has 0 aliphatic heterocycles. The van der Waals surface area contributed by atoms with Gasteiger partial charge in [0.1, 0.15) is 11.9 Å². The number of rotatable bonds is 11. The number of aromatic nitrogens is 1. The van der Waals surface area contributed by atoms with Crippen LogP contribution in [0.4, 0.5) is 5.82 Å². The highest BCUT2D eigenvalue weighted by Crippen LogP contribution is 2.31. The fraction of sp³-hybridized carbons (Fsp3) is 0.455. The van der Waals surface area contributed by atoms with E-state index in [1.165, 1.54) is 0 Å². The van der Waals surface area contributed by atoms with Gasteiger partial charge in [0.25, 0.3) is 0 Å². The molecule has 0 aliphatic rings. The van der Waals surface area contributed by atoms with Crippen LogP contribution in [0.5, 0.6) is 5.75 Å². The summed E-state index contributed by atoms with van der Waals surface area (Å²) < 4.78 is 12.9. The van der Waals surface area contributed by atoms with Crippen molar-refractivity contribution in [2.45, 2.75) is 40.0 Å². The third-order valence-corrected chi connectivity index (χ3v) is 4.95. The maximum atomic E-state index is 11.8. The zero-order valence-corrected chi connectivity index (χ0v) is 18.9. The van der Waals surface area contributed by atoms with Gasteiger partial charge in [-0.15, -0.1) is 0 Å². The molecule has 0 unspecified atom stereocenters. The zero-order valence-electron chi connectivity index (χ0n) is 17.3. The quantitative estimate of drug-likeness (QED) is 0.223. The number of halogens is 1. The van der Waals surface area contributed by atoms with Gasteiger partial charge in [-0.3, -0.25) is 10.1 Å². The first-order valence-corrected chi connectivity index (χ1v) is 10.6. The van der Waals surface area contributed by atoms with E-state index in [9.17, 15) is 10.0 Å². The van der Waals surface area contributed by atoms with Gasteiger partial charge in [-0.1, -0.05) is 30.7 Å². The Morgan fingerprint density at radius 3 is 2.76 bits per heavy atom. The molecule has 2 aromatic rings. The van der Waals surface area contributed by atoms with Gasteiger partial charge in [-0.2, -0.15) is 0 Å². The van der Waals surface area contributed by atoms with Gasteiger partial charge in [0, 0.05) is 12.5 Å². The first-order chi connectivity index (χ1) is 13.8. The van der Waals surface area contributed by atoms with Crippen molar-refractivity contribution in [1.82, 2.24) is 0 Å². The number of nitrogens with zero attached hydrogens (tertiary/aromatic N) is 1. The van der Waals surface area contributed by atoms with Gasteiger partial charge in [0.2, 0.25) is 0 Å². The molecule has 6 nitrogen and oxygen atoms in total. The Morgan fingerprint density at radius 1 is 1.28 bits per heavy atom. The number of carbonyl (C=O) groups excluding carboxylic acids is 1. The van der Waals surface area contributed by atoms with Gasteiger partial charge in [0.05, 0.1) is 30.7 Å². The van der Waals surface area contributed by atoms with Crippen LogP contribution in [-0.2, 0) is 16.0 Å². The van der Waals surface area contributed by atoms with Gasteiger partial charge in [0.15, 0.2) is 0 Å². The number of ether oxygens (including phenoxy) is 2. The molecule has 0 amide bonds. The molecule has 0 spiro atoms. The monoisotopic (exact) mass is 465 g/mol. The Morgan fingerprint density at radius 2 is 2.07 bits per heavy atom. The molecule has 1 aromatic carbocycles. The largest absolute Gasteiger partial charge is 0.492 e. The van der Waals surface area contributed by atoms with Crippen molar-refractivity contribution in [3.8, 4) is 5.75 Å². The maximum absolute atomic E-state index is 11.8. The van der Waals surface area contributed by atoms with E-state index in [2.05, 4.69) is 35.1 Å². The van der Waals surface area contributed by atoms with Crippen molar-refractivity contribution in [3.05, 3.63) is 52.6 Å². The van der Waals surface area contributed by atoms with Gasteiger partial charge < -0.3 is 14.7 Å². The second-order valence-corrected chi connectivity index (χ2v) is 8.50. The summed E-state index contributed by atoms with van der Waals surface area (Å²) in [6.45, 7) is 7.60. The second-order valence-electron chi connectivity index (χ2n) is 7.65. The van der Waals surface area contributed by atoms with Crippen LogP contribution in [0.15, 0.2) is 47.1 Å². The van der Waals surface area contributed by atoms with Crippen LogP contribution >= 0.6 is 15.9 Å². The fourth-order valence-corrected chi connectivity index (χ4v) is 3.58. The predicted octanol–water partition coefficient (Wildman–Crippen LogP) is 4.38. The summed E-state index contributed by atoms with van der Waals surface area (Å²) in [6.07, 6.45) is 3.52. The number of nitrogens with one attached hydrogen (secondary N) is 1. The Balaban J connectivity index is 1.80. The van der Waals surface area contributed by atoms with E-state index in [4.69, 9.17) is 9.47 Å². The van der Waals surface area contributed by atoms with E-state index in [-0.39, 0.29) is 11.4 Å². The molecule has 0 saturated heterocycles. The first kappa shape index (κ1) is 23.0. The number of esters is 1. The third kappa shape index (κ3) is 7.93. The van der Waals surface area contributed by atoms with Crippen molar-refractivity contribution in [2.24, 2.45) is 5.41 Å². The second kappa shape index (κ2) is 11.0. The molecule has 29 heavy (non-hydrogen) atoms. The zero-order chi connectivity index (χ0) is 21.3. The van der Waals surface area contributed by atoms with E-state index < -0.39 is 0 Å². The van der Waals surface area contributed by atoms with Crippen molar-refractivity contribution in [1.29, 1.82) is 0 Å². The molecule has 2 N–H and O–H groups in total. The minimum absolute atomic E-state index is 0.160. The highest BCUT2D eigenvalue weighted by atomic mass is 79.9. The lowest BCUT2D eigenvalue weighted by atomic mass is 9.83. The Bertz CT molecular complexity index is 811. The number of hydrogen-bond acceptors (Lipinski definition) is 5. The minimum atomic E-state index is -0.180. The smallest absolute Gasteiger partial charge is 0.313 e. The van der Waals surface area contributed by atoms with Crippen LogP contribution in [-0.4, -0.2) is 30.9 Å². The summed E-state index contributed by atoms with van der Waals surface area (Å²) in [5, 5.41) is 12.8. The summed E-state index contributed by atoms with van der Waals surface area (Å²) in [5.41, 5.74) is 0.956. The van der Waals surface area contributed by atoms with E-state index >= 15 is 0 Å². The van der Waals surface area contributed by atoms with Crippen molar-refractivity contribution in [3.63, 3.8) is 0 Å². The van der Waals surface area contributed by atoms with E-state index in [0.717, 1.165) is 33.4 Å². The molecule has 7 heteroatoms. The molecule has 0 atom stereocenters. The molecule has 0 radical (unpaired) electrons.